The lowest BCUT2D eigenvalue weighted by Gasteiger charge is -2.24. The number of fused-ring (bicyclic) bond motifs is 1. The number of hydrogen-bond acceptors (Lipinski definition) is 8. The summed E-state index contributed by atoms with van der Waals surface area (Å²) >= 11 is 0. The lowest BCUT2D eigenvalue weighted by atomic mass is 10.0. The van der Waals surface area contributed by atoms with Crippen LogP contribution in [0.4, 0.5) is 0 Å². The molecule has 1 aromatic heterocycles. The molecule has 1 aromatic carbocycles. The zero-order valence-corrected chi connectivity index (χ0v) is 20.2. The Morgan fingerprint density at radius 1 is 0.895 bits per heavy atom. The molecule has 0 fully saturated rings. The van der Waals surface area contributed by atoms with Gasteiger partial charge in [0.1, 0.15) is 24.2 Å². The molecule has 0 aliphatic rings. The van der Waals surface area contributed by atoms with E-state index in [-0.39, 0.29) is 19.3 Å². The van der Waals surface area contributed by atoms with Gasteiger partial charge in [0.25, 0.3) is 0 Å². The minimum Gasteiger partial charge on any atom is -0.481 e. The fourth-order valence-corrected chi connectivity index (χ4v) is 3.56. The first-order valence-corrected chi connectivity index (χ1v) is 11.5. The number of carbonyl (C=O) groups excluding carboxylic acids is 4. The molecule has 0 radical (unpaired) electrons. The Morgan fingerprint density at radius 2 is 1.50 bits per heavy atom. The largest absolute Gasteiger partial charge is 0.481 e. The van der Waals surface area contributed by atoms with Gasteiger partial charge >= 0.3 is 11.9 Å². The molecule has 0 aliphatic carbocycles. The van der Waals surface area contributed by atoms with Gasteiger partial charge in [-0.15, -0.1) is 0 Å². The highest BCUT2D eigenvalue weighted by Gasteiger charge is 2.32. The molecule has 1 heterocycles. The van der Waals surface area contributed by atoms with Crippen molar-refractivity contribution in [3.8, 4) is 0 Å². The average Bonchev–Trinajstić information content (AvgIpc) is 3.27. The Kier molecular flexibility index (Phi) is 10.7. The second-order valence-corrected chi connectivity index (χ2v) is 8.48. The number of nitrogens with one attached hydrogen (secondary N) is 4. The van der Waals surface area contributed by atoms with Crippen molar-refractivity contribution in [2.24, 2.45) is 11.5 Å². The summed E-state index contributed by atoms with van der Waals surface area (Å²) in [4.78, 5) is 75.2. The number of rotatable bonds is 15. The SMILES string of the molecule is NC(=O)CCC(NC(=O)C(CC(=O)O)NC(=O)C(Cc1c[nH]c2ccccc12)NC(=O)C(N)CO)C(=O)O. The number of aliphatic hydroxyl groups excluding tert-OH is 1. The van der Waals surface area contributed by atoms with Gasteiger partial charge in [-0.1, -0.05) is 18.2 Å². The molecule has 15 nitrogen and oxygen atoms in total. The van der Waals surface area contributed by atoms with E-state index < -0.39 is 72.8 Å². The third-order valence-corrected chi connectivity index (χ3v) is 5.57. The first kappa shape index (κ1) is 29.7. The summed E-state index contributed by atoms with van der Waals surface area (Å²) in [5, 5.41) is 35.2. The van der Waals surface area contributed by atoms with Gasteiger partial charge in [-0.2, -0.15) is 0 Å². The van der Waals surface area contributed by atoms with E-state index in [4.69, 9.17) is 11.5 Å². The molecule has 0 spiro atoms. The van der Waals surface area contributed by atoms with E-state index in [9.17, 15) is 44.1 Å². The van der Waals surface area contributed by atoms with Crippen molar-refractivity contribution in [3.63, 3.8) is 0 Å². The van der Waals surface area contributed by atoms with Crippen LogP contribution in [0.2, 0.25) is 0 Å². The van der Waals surface area contributed by atoms with Crippen LogP contribution in [-0.2, 0) is 35.2 Å². The van der Waals surface area contributed by atoms with Gasteiger partial charge in [0.05, 0.1) is 13.0 Å². The maximum Gasteiger partial charge on any atom is 0.326 e. The fourth-order valence-electron chi connectivity index (χ4n) is 3.56. The van der Waals surface area contributed by atoms with Crippen LogP contribution in [0.15, 0.2) is 30.5 Å². The van der Waals surface area contributed by atoms with E-state index in [0.29, 0.717) is 5.56 Å². The van der Waals surface area contributed by atoms with E-state index in [1.807, 2.05) is 0 Å². The molecule has 4 atom stereocenters. The number of aromatic amines is 1. The number of carboxylic acid groups (broad SMARTS) is 2. The summed E-state index contributed by atoms with van der Waals surface area (Å²) in [5.41, 5.74) is 11.9. The van der Waals surface area contributed by atoms with E-state index >= 15 is 0 Å². The van der Waals surface area contributed by atoms with Gasteiger partial charge in [0.2, 0.25) is 23.6 Å². The number of para-hydroxylation sites is 1. The van der Waals surface area contributed by atoms with Crippen LogP contribution >= 0.6 is 0 Å². The number of primary amides is 1. The van der Waals surface area contributed by atoms with Gasteiger partial charge < -0.3 is 47.7 Å². The highest BCUT2D eigenvalue weighted by Crippen LogP contribution is 2.19. The van der Waals surface area contributed by atoms with Gasteiger partial charge in [-0.05, 0) is 18.1 Å². The molecule has 0 saturated heterocycles. The number of carboxylic acids is 2. The lowest BCUT2D eigenvalue weighted by molar-refractivity contribution is -0.143. The predicted octanol–water partition coefficient (Wildman–Crippen LogP) is -2.69. The first-order valence-electron chi connectivity index (χ1n) is 11.5. The van der Waals surface area contributed by atoms with Gasteiger partial charge in [0.15, 0.2) is 0 Å². The van der Waals surface area contributed by atoms with Crippen LogP contribution in [0.5, 0.6) is 0 Å². The number of hydrogen-bond donors (Lipinski definition) is 9. The smallest absolute Gasteiger partial charge is 0.326 e. The Bertz CT molecular complexity index is 1200. The summed E-state index contributed by atoms with van der Waals surface area (Å²) in [6, 6.07) is 1.10. The molecule has 206 valence electrons. The number of aromatic nitrogens is 1. The maximum absolute atomic E-state index is 13.2. The van der Waals surface area contributed by atoms with Crippen molar-refractivity contribution in [2.45, 2.75) is 49.9 Å². The minimum absolute atomic E-state index is 0.0997. The minimum atomic E-state index is -1.73. The van der Waals surface area contributed by atoms with Gasteiger partial charge in [-0.25, -0.2) is 4.79 Å². The summed E-state index contributed by atoms with van der Waals surface area (Å²) < 4.78 is 0. The summed E-state index contributed by atoms with van der Waals surface area (Å²) in [7, 11) is 0. The Labute approximate surface area is 215 Å². The standard InChI is InChI=1S/C23H30N6O9/c24-13(10-30)20(34)28-16(7-11-9-26-14-4-2-1-3-12(11)14)21(35)29-17(8-19(32)33)22(36)27-15(23(37)38)5-6-18(25)31/h1-4,9,13,15-17,26,30H,5-8,10,24H2,(H2,25,31)(H,27,36)(H,28,34)(H,29,35)(H,32,33)(H,37,38). The molecule has 11 N–H and O–H groups in total. The highest BCUT2D eigenvalue weighted by atomic mass is 16.4. The topological polar surface area (TPSA) is 267 Å². The molecular formula is C23H30N6O9. The number of amides is 4. The second kappa shape index (κ2) is 13.7. The summed E-state index contributed by atoms with van der Waals surface area (Å²) in [6.07, 6.45) is -0.124. The summed E-state index contributed by atoms with van der Waals surface area (Å²) in [5.74, 6) is -6.75. The number of aliphatic hydroxyl groups is 1. The monoisotopic (exact) mass is 534 g/mol. The number of carbonyl (C=O) groups is 6. The van der Waals surface area contributed by atoms with E-state index in [1.165, 1.54) is 0 Å². The van der Waals surface area contributed by atoms with Crippen molar-refractivity contribution < 1.29 is 44.1 Å². The third-order valence-electron chi connectivity index (χ3n) is 5.57. The van der Waals surface area contributed by atoms with E-state index in [1.54, 1.807) is 30.5 Å². The molecule has 4 amide bonds. The number of aliphatic carboxylic acids is 2. The molecular weight excluding hydrogens is 504 g/mol. The van der Waals surface area contributed by atoms with Crippen LogP contribution in [0.25, 0.3) is 10.9 Å². The Morgan fingerprint density at radius 3 is 2.11 bits per heavy atom. The van der Waals surface area contributed by atoms with Crippen molar-refractivity contribution in [2.75, 3.05) is 6.61 Å². The van der Waals surface area contributed by atoms with Gasteiger partial charge in [-0.3, -0.25) is 24.0 Å². The third kappa shape index (κ3) is 8.56. The second-order valence-electron chi connectivity index (χ2n) is 8.48. The fraction of sp³-hybridized carbons (Fsp3) is 0.391. The molecule has 4 unspecified atom stereocenters. The van der Waals surface area contributed by atoms with E-state index in [0.717, 1.165) is 10.9 Å². The van der Waals surface area contributed by atoms with Crippen LogP contribution in [0.1, 0.15) is 24.8 Å². The van der Waals surface area contributed by atoms with Crippen molar-refractivity contribution in [1.82, 2.24) is 20.9 Å². The Hall–Kier alpha value is -4.50. The number of H-pyrrole nitrogens is 1. The number of nitrogens with two attached hydrogens (primary N) is 2. The van der Waals surface area contributed by atoms with Crippen molar-refractivity contribution >= 4 is 46.5 Å². The first-order chi connectivity index (χ1) is 17.9. The zero-order valence-electron chi connectivity index (χ0n) is 20.2. The predicted molar refractivity (Wildman–Crippen MR) is 131 cm³/mol. The van der Waals surface area contributed by atoms with Crippen LogP contribution < -0.4 is 27.4 Å². The average molecular weight is 535 g/mol. The quantitative estimate of drug-likeness (QED) is 0.114. The molecule has 15 heteroatoms. The molecule has 2 aromatic rings. The highest BCUT2D eigenvalue weighted by molar-refractivity contribution is 5.96. The zero-order chi connectivity index (χ0) is 28.4. The lowest BCUT2D eigenvalue weighted by Crippen LogP contribution is -2.58. The van der Waals surface area contributed by atoms with Gasteiger partial charge in [0, 0.05) is 29.9 Å². The molecule has 2 rings (SSSR count). The van der Waals surface area contributed by atoms with Crippen LogP contribution in [-0.4, -0.2) is 86.6 Å². The normalized spacial score (nSPS) is 14.1. The van der Waals surface area contributed by atoms with Crippen molar-refractivity contribution in [3.05, 3.63) is 36.0 Å². The van der Waals surface area contributed by atoms with Crippen LogP contribution in [0.3, 0.4) is 0 Å². The van der Waals surface area contributed by atoms with Crippen LogP contribution in [0, 0.1) is 0 Å². The number of benzene rings is 1. The van der Waals surface area contributed by atoms with Crippen molar-refractivity contribution in [1.29, 1.82) is 0 Å². The molecule has 0 aliphatic heterocycles. The molecule has 0 bridgehead atoms. The Balaban J connectivity index is 2.28. The van der Waals surface area contributed by atoms with E-state index in [2.05, 4.69) is 20.9 Å². The molecule has 0 saturated carbocycles. The summed E-state index contributed by atoms with van der Waals surface area (Å²) in [6.45, 7) is -0.709. The molecule has 38 heavy (non-hydrogen) atoms. The maximum atomic E-state index is 13.2.